The molecule has 1 aliphatic heterocycles. The van der Waals surface area contributed by atoms with Crippen molar-refractivity contribution in [2.24, 2.45) is 11.7 Å². The largest absolute Gasteiger partial charge is 0.342 e. The lowest BCUT2D eigenvalue weighted by Crippen LogP contribution is -2.42. The van der Waals surface area contributed by atoms with E-state index in [0.717, 1.165) is 25.9 Å². The topological polar surface area (TPSA) is 46.3 Å². The van der Waals surface area contributed by atoms with E-state index >= 15 is 0 Å². The predicted octanol–water partition coefficient (Wildman–Crippen LogP) is 2.63. The summed E-state index contributed by atoms with van der Waals surface area (Å²) in [6.45, 7) is 3.68. The minimum Gasteiger partial charge on any atom is -0.342 e. The second-order valence-electron chi connectivity index (χ2n) is 5.72. The van der Waals surface area contributed by atoms with Gasteiger partial charge in [0.2, 0.25) is 5.91 Å². The second kappa shape index (κ2) is 8.28. The van der Waals surface area contributed by atoms with Gasteiger partial charge in [-0.3, -0.25) is 4.79 Å². The second-order valence-corrected chi connectivity index (χ2v) is 5.72. The van der Waals surface area contributed by atoms with E-state index in [0.29, 0.717) is 12.3 Å². The average Bonchev–Trinajstić information content (AvgIpc) is 2.39. The first-order chi connectivity index (χ1) is 9.15. The number of rotatable bonds is 4. The molecule has 2 N–H and O–H groups in total. The van der Waals surface area contributed by atoms with Crippen LogP contribution in [0.4, 0.5) is 0 Å². The molecule has 0 radical (unpaired) electrons. The molecule has 1 amide bonds. The van der Waals surface area contributed by atoms with Crippen molar-refractivity contribution in [3.63, 3.8) is 0 Å². The summed E-state index contributed by atoms with van der Waals surface area (Å²) in [5, 5.41) is 0. The Hall–Kier alpha value is -1.06. The van der Waals surface area contributed by atoms with Gasteiger partial charge in [-0.05, 0) is 37.7 Å². The van der Waals surface area contributed by atoms with Gasteiger partial charge in [-0.1, -0.05) is 30.3 Å². The van der Waals surface area contributed by atoms with Crippen LogP contribution in [-0.4, -0.2) is 29.9 Å². The molecule has 3 nitrogen and oxygen atoms in total. The molecule has 1 fully saturated rings. The van der Waals surface area contributed by atoms with E-state index in [4.69, 9.17) is 5.73 Å². The van der Waals surface area contributed by atoms with E-state index in [1.54, 1.807) is 0 Å². The van der Waals surface area contributed by atoms with E-state index in [1.807, 2.05) is 17.9 Å². The first-order valence-electron chi connectivity index (χ1n) is 7.22. The molecule has 2 unspecified atom stereocenters. The minimum absolute atomic E-state index is 0. The lowest BCUT2D eigenvalue weighted by Gasteiger charge is -2.33. The summed E-state index contributed by atoms with van der Waals surface area (Å²) in [5.74, 6) is 0.806. The van der Waals surface area contributed by atoms with Crippen LogP contribution in [0.3, 0.4) is 0 Å². The normalized spacial score (nSPS) is 20.1. The number of benzene rings is 1. The molecule has 0 bridgehead atoms. The number of carbonyl (C=O) groups excluding carboxylic acids is 1. The molecule has 2 rings (SSSR count). The van der Waals surface area contributed by atoms with Crippen LogP contribution in [0.15, 0.2) is 30.3 Å². The van der Waals surface area contributed by atoms with Crippen molar-refractivity contribution in [1.29, 1.82) is 0 Å². The number of amides is 1. The van der Waals surface area contributed by atoms with Crippen molar-refractivity contribution in [3.8, 4) is 0 Å². The molecule has 1 aromatic carbocycles. The van der Waals surface area contributed by atoms with Gasteiger partial charge in [0.1, 0.15) is 0 Å². The molecular formula is C16H25ClN2O. The Morgan fingerprint density at radius 2 is 2.10 bits per heavy atom. The Kier molecular flexibility index (Phi) is 7.03. The standard InChI is InChI=1S/C16H24N2O.ClH/c1-13(17)10-16(19)18-9-5-8-15(12-18)11-14-6-3-2-4-7-14;/h2-4,6-7,13,15H,5,8-12,17H2,1H3;1H. The highest BCUT2D eigenvalue weighted by atomic mass is 35.5. The smallest absolute Gasteiger partial charge is 0.224 e. The highest BCUT2D eigenvalue weighted by molar-refractivity contribution is 5.85. The van der Waals surface area contributed by atoms with Gasteiger partial charge in [-0.25, -0.2) is 0 Å². The Bertz CT molecular complexity index is 408. The van der Waals surface area contributed by atoms with E-state index in [9.17, 15) is 4.79 Å². The van der Waals surface area contributed by atoms with Gasteiger partial charge in [0, 0.05) is 25.6 Å². The summed E-state index contributed by atoms with van der Waals surface area (Å²) < 4.78 is 0. The van der Waals surface area contributed by atoms with E-state index < -0.39 is 0 Å². The van der Waals surface area contributed by atoms with Crippen LogP contribution < -0.4 is 5.73 Å². The van der Waals surface area contributed by atoms with Gasteiger partial charge in [0.05, 0.1) is 0 Å². The fourth-order valence-corrected chi connectivity index (χ4v) is 2.81. The average molecular weight is 297 g/mol. The van der Waals surface area contributed by atoms with Crippen molar-refractivity contribution in [2.45, 2.75) is 38.6 Å². The summed E-state index contributed by atoms with van der Waals surface area (Å²) >= 11 is 0. The van der Waals surface area contributed by atoms with Gasteiger partial charge in [-0.2, -0.15) is 0 Å². The Labute approximate surface area is 127 Å². The molecule has 0 aliphatic carbocycles. The van der Waals surface area contributed by atoms with Gasteiger partial charge >= 0.3 is 0 Å². The maximum atomic E-state index is 12.1. The van der Waals surface area contributed by atoms with Gasteiger partial charge < -0.3 is 10.6 Å². The van der Waals surface area contributed by atoms with Crippen LogP contribution in [0.2, 0.25) is 0 Å². The van der Waals surface area contributed by atoms with Crippen LogP contribution in [0, 0.1) is 5.92 Å². The highest BCUT2D eigenvalue weighted by Crippen LogP contribution is 2.21. The summed E-state index contributed by atoms with van der Waals surface area (Å²) in [6, 6.07) is 10.5. The number of likely N-dealkylation sites (tertiary alicyclic amines) is 1. The Morgan fingerprint density at radius 1 is 1.40 bits per heavy atom. The number of nitrogens with two attached hydrogens (primary N) is 1. The molecule has 1 heterocycles. The molecule has 20 heavy (non-hydrogen) atoms. The predicted molar refractivity (Wildman–Crippen MR) is 85.0 cm³/mol. The van der Waals surface area contributed by atoms with Crippen LogP contribution in [0.1, 0.15) is 31.7 Å². The third-order valence-corrected chi connectivity index (χ3v) is 3.74. The zero-order valence-corrected chi connectivity index (χ0v) is 12.9. The molecule has 1 aromatic rings. The molecule has 112 valence electrons. The molecule has 0 saturated carbocycles. The molecular weight excluding hydrogens is 272 g/mol. The van der Waals surface area contributed by atoms with Crippen molar-refractivity contribution < 1.29 is 4.79 Å². The lowest BCUT2D eigenvalue weighted by molar-refractivity contribution is -0.133. The number of piperidine rings is 1. The van der Waals surface area contributed by atoms with Crippen LogP contribution in [-0.2, 0) is 11.2 Å². The summed E-state index contributed by atoms with van der Waals surface area (Å²) in [5.41, 5.74) is 7.08. The summed E-state index contributed by atoms with van der Waals surface area (Å²) in [4.78, 5) is 14.1. The third-order valence-electron chi connectivity index (χ3n) is 3.74. The number of halogens is 1. The lowest BCUT2D eigenvalue weighted by atomic mass is 9.91. The summed E-state index contributed by atoms with van der Waals surface area (Å²) in [6.07, 6.45) is 3.87. The number of hydrogen-bond donors (Lipinski definition) is 1. The molecule has 4 heteroatoms. The zero-order valence-electron chi connectivity index (χ0n) is 12.1. The quantitative estimate of drug-likeness (QED) is 0.928. The zero-order chi connectivity index (χ0) is 13.7. The van der Waals surface area contributed by atoms with Crippen molar-refractivity contribution in [3.05, 3.63) is 35.9 Å². The van der Waals surface area contributed by atoms with E-state index in [2.05, 4.69) is 24.3 Å². The molecule has 1 aliphatic rings. The molecule has 2 atom stereocenters. The number of carbonyl (C=O) groups is 1. The van der Waals surface area contributed by atoms with Crippen molar-refractivity contribution in [2.75, 3.05) is 13.1 Å². The molecule has 0 spiro atoms. The van der Waals surface area contributed by atoms with Crippen LogP contribution in [0.25, 0.3) is 0 Å². The van der Waals surface area contributed by atoms with Gasteiger partial charge in [-0.15, -0.1) is 12.4 Å². The van der Waals surface area contributed by atoms with Crippen LogP contribution in [0.5, 0.6) is 0 Å². The fraction of sp³-hybridized carbons (Fsp3) is 0.562. The number of hydrogen-bond acceptors (Lipinski definition) is 2. The van der Waals surface area contributed by atoms with Gasteiger partial charge in [0.15, 0.2) is 0 Å². The van der Waals surface area contributed by atoms with Crippen molar-refractivity contribution in [1.82, 2.24) is 4.90 Å². The Balaban J connectivity index is 0.00000200. The Morgan fingerprint density at radius 3 is 2.75 bits per heavy atom. The molecule has 1 saturated heterocycles. The maximum absolute atomic E-state index is 12.1. The fourth-order valence-electron chi connectivity index (χ4n) is 2.81. The molecule has 0 aromatic heterocycles. The SMILES string of the molecule is CC(N)CC(=O)N1CCCC(Cc2ccccc2)C1.Cl. The van der Waals surface area contributed by atoms with Crippen molar-refractivity contribution >= 4 is 18.3 Å². The first kappa shape index (κ1) is 17.0. The number of nitrogens with zero attached hydrogens (tertiary/aromatic N) is 1. The first-order valence-corrected chi connectivity index (χ1v) is 7.22. The van der Waals surface area contributed by atoms with E-state index in [1.165, 1.54) is 12.0 Å². The minimum atomic E-state index is -0.0398. The monoisotopic (exact) mass is 296 g/mol. The van der Waals surface area contributed by atoms with Gasteiger partial charge in [0.25, 0.3) is 0 Å². The summed E-state index contributed by atoms with van der Waals surface area (Å²) in [7, 11) is 0. The van der Waals surface area contributed by atoms with Crippen LogP contribution >= 0.6 is 12.4 Å². The highest BCUT2D eigenvalue weighted by Gasteiger charge is 2.23. The third kappa shape index (κ3) is 5.14. The maximum Gasteiger partial charge on any atom is 0.224 e. The van der Waals surface area contributed by atoms with E-state index in [-0.39, 0.29) is 24.4 Å².